The van der Waals surface area contributed by atoms with Gasteiger partial charge in [0, 0.05) is 0 Å². The van der Waals surface area contributed by atoms with E-state index in [-0.39, 0.29) is 23.8 Å². The summed E-state index contributed by atoms with van der Waals surface area (Å²) in [5.41, 5.74) is -0.667. The van der Waals surface area contributed by atoms with Crippen LogP contribution in [0.1, 0.15) is 59.8 Å². The molecule has 1 saturated carbocycles. The van der Waals surface area contributed by atoms with Gasteiger partial charge >= 0.3 is 6.03 Å². The second-order valence-electron chi connectivity index (χ2n) is 7.02. The third kappa shape index (κ3) is 2.87. The van der Waals surface area contributed by atoms with Crippen LogP contribution >= 0.6 is 0 Å². The van der Waals surface area contributed by atoms with Crippen molar-refractivity contribution in [1.82, 2.24) is 15.1 Å². The number of urea groups is 1. The van der Waals surface area contributed by atoms with Gasteiger partial charge < -0.3 is 5.32 Å². The van der Waals surface area contributed by atoms with Crippen molar-refractivity contribution in [2.24, 2.45) is 11.8 Å². The van der Waals surface area contributed by atoms with E-state index in [0.717, 1.165) is 45.2 Å². The van der Waals surface area contributed by atoms with Gasteiger partial charge in [-0.05, 0) is 50.6 Å². The number of nitrogens with zero attached hydrogens (tertiary/aromatic N) is 2. The lowest BCUT2D eigenvalue weighted by Gasteiger charge is -2.42. The van der Waals surface area contributed by atoms with Crippen molar-refractivity contribution >= 4 is 11.9 Å². The number of rotatable bonds is 6. The molecule has 2 aliphatic rings. The minimum absolute atomic E-state index is 0.00518. The summed E-state index contributed by atoms with van der Waals surface area (Å²) in [6, 6.07) is -0.206. The van der Waals surface area contributed by atoms with Crippen molar-refractivity contribution in [2.45, 2.75) is 65.3 Å². The molecule has 2 rings (SSSR count). The molecule has 1 aliphatic heterocycles. The lowest BCUT2D eigenvalue weighted by atomic mass is 9.67. The zero-order valence-electron chi connectivity index (χ0n) is 14.5. The molecule has 5 nitrogen and oxygen atoms in total. The van der Waals surface area contributed by atoms with E-state index in [9.17, 15) is 9.59 Å². The molecule has 1 aliphatic carbocycles. The van der Waals surface area contributed by atoms with Gasteiger partial charge in [-0.15, -0.1) is 0 Å². The second kappa shape index (κ2) is 6.99. The van der Waals surface area contributed by atoms with Gasteiger partial charge in [-0.1, -0.05) is 34.1 Å². The van der Waals surface area contributed by atoms with Crippen LogP contribution in [-0.4, -0.2) is 47.0 Å². The highest BCUT2D eigenvalue weighted by Crippen LogP contribution is 2.42. The SMILES string of the molecule is CCCN(CCC)CN1C(=O)NC2(C1=O)[C@@H](C)CCC[C@@H]2C. The average molecular weight is 309 g/mol. The number of nitrogens with one attached hydrogen (secondary N) is 1. The summed E-state index contributed by atoms with van der Waals surface area (Å²) in [6.07, 6.45) is 5.23. The molecule has 0 bridgehead atoms. The standard InChI is InChI=1S/C17H31N3O2/c1-5-10-19(11-6-2)12-20-15(21)17(18-16(20)22)13(3)8-7-9-14(17)4/h13-14H,5-12H2,1-4H3,(H,18,22)/t13-,14-/m0/s1. The molecule has 2 atom stereocenters. The Bertz CT molecular complexity index is 408. The van der Waals surface area contributed by atoms with Crippen molar-refractivity contribution in [3.05, 3.63) is 0 Å². The van der Waals surface area contributed by atoms with Gasteiger partial charge in [0.05, 0.1) is 6.67 Å². The highest BCUT2D eigenvalue weighted by atomic mass is 16.2. The first-order valence-corrected chi connectivity index (χ1v) is 8.83. The van der Waals surface area contributed by atoms with Crippen LogP contribution in [0.4, 0.5) is 4.79 Å². The molecule has 0 aromatic heterocycles. The van der Waals surface area contributed by atoms with Crippen molar-refractivity contribution in [1.29, 1.82) is 0 Å². The van der Waals surface area contributed by atoms with E-state index in [1.54, 1.807) is 0 Å². The van der Waals surface area contributed by atoms with Crippen LogP contribution < -0.4 is 5.32 Å². The molecule has 1 saturated heterocycles. The van der Waals surface area contributed by atoms with Crippen LogP contribution in [0.5, 0.6) is 0 Å². The van der Waals surface area contributed by atoms with Crippen LogP contribution in [0.25, 0.3) is 0 Å². The third-order valence-electron chi connectivity index (χ3n) is 5.41. The molecule has 1 N–H and O–H groups in total. The van der Waals surface area contributed by atoms with E-state index in [1.165, 1.54) is 4.90 Å². The highest BCUT2D eigenvalue weighted by Gasteiger charge is 2.58. The second-order valence-corrected chi connectivity index (χ2v) is 7.02. The number of hydrogen-bond acceptors (Lipinski definition) is 3. The maximum Gasteiger partial charge on any atom is 0.326 e. The number of carbonyl (C=O) groups excluding carboxylic acids is 2. The molecule has 5 heteroatoms. The molecule has 126 valence electrons. The summed E-state index contributed by atoms with van der Waals surface area (Å²) in [6.45, 7) is 10.7. The van der Waals surface area contributed by atoms with E-state index in [4.69, 9.17) is 0 Å². The zero-order valence-corrected chi connectivity index (χ0v) is 14.5. The third-order valence-corrected chi connectivity index (χ3v) is 5.41. The normalized spacial score (nSPS) is 27.8. The maximum atomic E-state index is 13.1. The fourth-order valence-corrected chi connectivity index (χ4v) is 4.17. The molecule has 0 unspecified atom stereocenters. The zero-order chi connectivity index (χ0) is 16.3. The summed E-state index contributed by atoms with van der Waals surface area (Å²) in [5.74, 6) is 0.418. The smallest absolute Gasteiger partial charge is 0.323 e. The van der Waals surface area contributed by atoms with Crippen molar-refractivity contribution < 1.29 is 9.59 Å². The summed E-state index contributed by atoms with van der Waals surface area (Å²) in [4.78, 5) is 29.2. The molecule has 22 heavy (non-hydrogen) atoms. The van der Waals surface area contributed by atoms with Gasteiger partial charge in [0.15, 0.2) is 0 Å². The van der Waals surface area contributed by atoms with E-state index in [0.29, 0.717) is 6.67 Å². The van der Waals surface area contributed by atoms with Crippen LogP contribution in [-0.2, 0) is 4.79 Å². The number of hydrogen-bond donors (Lipinski definition) is 1. The van der Waals surface area contributed by atoms with E-state index < -0.39 is 5.54 Å². The Morgan fingerprint density at radius 2 is 1.68 bits per heavy atom. The van der Waals surface area contributed by atoms with Gasteiger partial charge in [-0.3, -0.25) is 9.69 Å². The summed E-state index contributed by atoms with van der Waals surface area (Å²) in [7, 11) is 0. The fraction of sp³-hybridized carbons (Fsp3) is 0.882. The lowest BCUT2D eigenvalue weighted by molar-refractivity contribution is -0.138. The molecule has 1 spiro atoms. The van der Waals surface area contributed by atoms with Crippen LogP contribution in [0.2, 0.25) is 0 Å². The largest absolute Gasteiger partial charge is 0.326 e. The van der Waals surface area contributed by atoms with Crippen LogP contribution in [0.3, 0.4) is 0 Å². The molecule has 3 amide bonds. The van der Waals surface area contributed by atoms with Gasteiger partial charge in [-0.2, -0.15) is 0 Å². The van der Waals surface area contributed by atoms with E-state index in [1.807, 2.05) is 0 Å². The number of imide groups is 1. The first-order valence-electron chi connectivity index (χ1n) is 8.83. The van der Waals surface area contributed by atoms with Crippen LogP contribution in [0, 0.1) is 11.8 Å². The summed E-state index contributed by atoms with van der Waals surface area (Å²) >= 11 is 0. The average Bonchev–Trinajstić information content (AvgIpc) is 2.71. The Morgan fingerprint density at radius 1 is 1.14 bits per heavy atom. The van der Waals surface area contributed by atoms with Gasteiger partial charge in [0.1, 0.15) is 5.54 Å². The lowest BCUT2D eigenvalue weighted by Crippen LogP contribution is -2.59. The summed E-state index contributed by atoms with van der Waals surface area (Å²) < 4.78 is 0. The Kier molecular flexibility index (Phi) is 5.48. The molecule has 1 heterocycles. The monoisotopic (exact) mass is 309 g/mol. The molecular formula is C17H31N3O2. The van der Waals surface area contributed by atoms with E-state index >= 15 is 0 Å². The Morgan fingerprint density at radius 3 is 2.18 bits per heavy atom. The minimum atomic E-state index is -0.667. The Hall–Kier alpha value is -1.10. The van der Waals surface area contributed by atoms with Gasteiger partial charge in [0.2, 0.25) is 0 Å². The molecule has 0 radical (unpaired) electrons. The van der Waals surface area contributed by atoms with Gasteiger partial charge in [0.25, 0.3) is 5.91 Å². The minimum Gasteiger partial charge on any atom is -0.323 e. The van der Waals surface area contributed by atoms with Gasteiger partial charge in [-0.25, -0.2) is 9.69 Å². The topological polar surface area (TPSA) is 52.6 Å². The van der Waals surface area contributed by atoms with E-state index in [2.05, 4.69) is 37.9 Å². The molecule has 2 fully saturated rings. The quantitative estimate of drug-likeness (QED) is 0.768. The summed E-state index contributed by atoms with van der Waals surface area (Å²) in [5, 5.41) is 3.07. The predicted molar refractivity (Wildman–Crippen MR) is 87.3 cm³/mol. The molecule has 0 aromatic carbocycles. The van der Waals surface area contributed by atoms with Crippen molar-refractivity contribution in [3.8, 4) is 0 Å². The first kappa shape index (κ1) is 17.3. The Balaban J connectivity index is 2.17. The van der Waals surface area contributed by atoms with Crippen molar-refractivity contribution in [2.75, 3.05) is 19.8 Å². The molecular weight excluding hydrogens is 278 g/mol. The fourth-order valence-electron chi connectivity index (χ4n) is 4.17. The van der Waals surface area contributed by atoms with Crippen LogP contribution in [0.15, 0.2) is 0 Å². The Labute approximate surface area is 134 Å². The molecule has 0 aromatic rings. The predicted octanol–water partition coefficient (Wildman–Crippen LogP) is 2.81. The van der Waals surface area contributed by atoms with Crippen molar-refractivity contribution in [3.63, 3.8) is 0 Å². The first-order chi connectivity index (χ1) is 10.5. The number of carbonyl (C=O) groups is 2. The number of amides is 3. The maximum absolute atomic E-state index is 13.1. The highest BCUT2D eigenvalue weighted by molar-refractivity contribution is 6.07.